The van der Waals surface area contributed by atoms with E-state index in [1.165, 1.54) is 11.0 Å². The van der Waals surface area contributed by atoms with Gasteiger partial charge in [-0.2, -0.15) is 0 Å². The molecule has 54 valence electrons. The summed E-state index contributed by atoms with van der Waals surface area (Å²) in [7, 11) is 0.808. The highest BCUT2D eigenvalue weighted by atomic mass is 14.7. The number of hydrogen-bond acceptors (Lipinski definition) is 2. The van der Waals surface area contributed by atoms with E-state index >= 15 is 0 Å². The van der Waals surface area contributed by atoms with Crippen LogP contribution in [0.15, 0.2) is 29.2 Å². The SMILES string of the molecule is NCC1=NBc2ccccc21. The monoisotopic (exact) mass is 144 g/mol. The zero-order valence-corrected chi connectivity index (χ0v) is 6.25. The smallest absolute Gasteiger partial charge is 0.295 e. The largest absolute Gasteiger partial charge is 0.342 e. The van der Waals surface area contributed by atoms with Crippen LogP contribution in [0.25, 0.3) is 0 Å². The maximum atomic E-state index is 5.52. The zero-order chi connectivity index (χ0) is 7.68. The molecule has 2 nitrogen and oxygen atoms in total. The highest BCUT2D eigenvalue weighted by Crippen LogP contribution is 2.03. The fourth-order valence-electron chi connectivity index (χ4n) is 1.38. The van der Waals surface area contributed by atoms with Crippen LogP contribution in [0.5, 0.6) is 0 Å². The predicted octanol–water partition coefficient (Wildman–Crippen LogP) is -0.575. The Bertz CT molecular complexity index is 307. The van der Waals surface area contributed by atoms with Crippen molar-refractivity contribution in [1.82, 2.24) is 0 Å². The molecule has 1 aromatic rings. The van der Waals surface area contributed by atoms with Gasteiger partial charge in [-0.3, -0.25) is 0 Å². The second-order valence-electron chi connectivity index (χ2n) is 2.62. The van der Waals surface area contributed by atoms with Gasteiger partial charge >= 0.3 is 0 Å². The molecule has 2 N–H and O–H groups in total. The molecule has 0 spiro atoms. The minimum absolute atomic E-state index is 0.553. The molecule has 0 aliphatic carbocycles. The first-order chi connectivity index (χ1) is 5.42. The van der Waals surface area contributed by atoms with Crippen LogP contribution < -0.4 is 11.2 Å². The van der Waals surface area contributed by atoms with Gasteiger partial charge in [-0.25, -0.2) is 0 Å². The van der Waals surface area contributed by atoms with E-state index in [1.54, 1.807) is 0 Å². The number of rotatable bonds is 1. The fourth-order valence-corrected chi connectivity index (χ4v) is 1.38. The average Bonchev–Trinajstić information content (AvgIpc) is 2.47. The van der Waals surface area contributed by atoms with Crippen molar-refractivity contribution in [3.05, 3.63) is 29.8 Å². The molecule has 0 fully saturated rings. The number of hydrogen-bond donors (Lipinski definition) is 1. The molecule has 0 saturated carbocycles. The molecule has 0 unspecified atom stereocenters. The van der Waals surface area contributed by atoms with Gasteiger partial charge in [0.1, 0.15) is 0 Å². The van der Waals surface area contributed by atoms with Crippen molar-refractivity contribution in [2.75, 3.05) is 6.54 Å². The summed E-state index contributed by atoms with van der Waals surface area (Å²) in [6.45, 7) is 0.553. The van der Waals surface area contributed by atoms with Crippen LogP contribution in [-0.4, -0.2) is 19.7 Å². The van der Waals surface area contributed by atoms with Gasteiger partial charge in [0.25, 0.3) is 7.41 Å². The molecule has 1 aromatic carbocycles. The van der Waals surface area contributed by atoms with Gasteiger partial charge in [-0.15, -0.1) is 0 Å². The third-order valence-corrected chi connectivity index (χ3v) is 1.96. The molecule has 0 radical (unpaired) electrons. The van der Waals surface area contributed by atoms with E-state index in [0.29, 0.717) is 6.54 Å². The summed E-state index contributed by atoms with van der Waals surface area (Å²) in [4.78, 5) is 4.31. The Morgan fingerprint density at radius 3 is 3.00 bits per heavy atom. The standard InChI is InChI=1S/C8H9BN2/c10-5-8-6-3-1-2-4-7(6)9-11-8/h1-4,9H,5,10H2. The lowest BCUT2D eigenvalue weighted by atomic mass is 9.84. The van der Waals surface area contributed by atoms with Gasteiger partial charge in [-0.05, 0) is 11.0 Å². The van der Waals surface area contributed by atoms with Crippen LogP contribution in [0.4, 0.5) is 0 Å². The van der Waals surface area contributed by atoms with Gasteiger partial charge in [0, 0.05) is 12.3 Å². The van der Waals surface area contributed by atoms with Gasteiger partial charge in [0.05, 0.1) is 0 Å². The third-order valence-electron chi connectivity index (χ3n) is 1.96. The summed E-state index contributed by atoms with van der Waals surface area (Å²) in [6, 6.07) is 8.23. The molecular weight excluding hydrogens is 135 g/mol. The highest BCUT2D eigenvalue weighted by Gasteiger charge is 2.13. The minimum atomic E-state index is 0.553. The van der Waals surface area contributed by atoms with Crippen molar-refractivity contribution in [2.45, 2.75) is 0 Å². The van der Waals surface area contributed by atoms with Crippen molar-refractivity contribution < 1.29 is 0 Å². The molecule has 1 aliphatic rings. The Morgan fingerprint density at radius 2 is 2.18 bits per heavy atom. The molecule has 2 rings (SSSR count). The van der Waals surface area contributed by atoms with Crippen molar-refractivity contribution in [3.8, 4) is 0 Å². The van der Waals surface area contributed by atoms with Crippen molar-refractivity contribution >= 4 is 18.6 Å². The molecule has 0 aromatic heterocycles. The summed E-state index contributed by atoms with van der Waals surface area (Å²) >= 11 is 0. The molecule has 0 amide bonds. The normalized spacial score (nSPS) is 13.7. The van der Waals surface area contributed by atoms with Crippen LogP contribution in [0, 0.1) is 0 Å². The van der Waals surface area contributed by atoms with E-state index < -0.39 is 0 Å². The zero-order valence-electron chi connectivity index (χ0n) is 6.25. The molecular formula is C8H9BN2. The first kappa shape index (κ1) is 6.61. The van der Waals surface area contributed by atoms with Crippen molar-refractivity contribution in [1.29, 1.82) is 0 Å². The maximum absolute atomic E-state index is 5.52. The second-order valence-corrected chi connectivity index (χ2v) is 2.62. The van der Waals surface area contributed by atoms with E-state index in [9.17, 15) is 0 Å². The molecule has 3 heteroatoms. The van der Waals surface area contributed by atoms with Crippen molar-refractivity contribution in [3.63, 3.8) is 0 Å². The Kier molecular flexibility index (Phi) is 1.51. The lowest BCUT2D eigenvalue weighted by Crippen LogP contribution is -2.17. The maximum Gasteiger partial charge on any atom is 0.295 e. The lowest BCUT2D eigenvalue weighted by Gasteiger charge is -1.98. The number of nitrogens with zero attached hydrogens (tertiary/aromatic N) is 1. The van der Waals surface area contributed by atoms with E-state index in [-0.39, 0.29) is 0 Å². The Balaban J connectivity index is 2.48. The van der Waals surface area contributed by atoms with E-state index in [2.05, 4.69) is 17.0 Å². The van der Waals surface area contributed by atoms with Gasteiger partial charge in [-0.1, -0.05) is 24.3 Å². The predicted molar refractivity (Wildman–Crippen MR) is 48.8 cm³/mol. The van der Waals surface area contributed by atoms with Crippen LogP contribution in [0.3, 0.4) is 0 Å². The Hall–Kier alpha value is -1.09. The Labute approximate surface area is 66.4 Å². The topological polar surface area (TPSA) is 38.4 Å². The molecule has 0 bridgehead atoms. The third kappa shape index (κ3) is 0.974. The fraction of sp³-hybridized carbons (Fsp3) is 0.125. The van der Waals surface area contributed by atoms with Crippen LogP contribution in [0.1, 0.15) is 5.56 Å². The van der Waals surface area contributed by atoms with Gasteiger partial charge in [0.15, 0.2) is 0 Å². The van der Waals surface area contributed by atoms with E-state index in [0.717, 1.165) is 13.1 Å². The molecule has 11 heavy (non-hydrogen) atoms. The molecule has 0 saturated heterocycles. The van der Waals surface area contributed by atoms with Crippen LogP contribution in [0.2, 0.25) is 0 Å². The average molecular weight is 144 g/mol. The summed E-state index contributed by atoms with van der Waals surface area (Å²) < 4.78 is 0. The number of nitrogens with two attached hydrogens (primary N) is 1. The second kappa shape index (κ2) is 2.51. The first-order valence-corrected chi connectivity index (χ1v) is 3.73. The molecule has 1 aliphatic heterocycles. The lowest BCUT2D eigenvalue weighted by molar-refractivity contribution is 1.31. The molecule has 1 heterocycles. The number of fused-ring (bicyclic) bond motifs is 1. The summed E-state index contributed by atoms with van der Waals surface area (Å²) in [5, 5.41) is 0. The van der Waals surface area contributed by atoms with Gasteiger partial charge in [0.2, 0.25) is 0 Å². The van der Waals surface area contributed by atoms with E-state index in [1.807, 2.05) is 12.1 Å². The first-order valence-electron chi connectivity index (χ1n) is 3.73. The summed E-state index contributed by atoms with van der Waals surface area (Å²) in [5.41, 5.74) is 9.09. The van der Waals surface area contributed by atoms with Gasteiger partial charge < -0.3 is 10.6 Å². The highest BCUT2D eigenvalue weighted by molar-refractivity contribution is 6.59. The van der Waals surface area contributed by atoms with Crippen LogP contribution in [-0.2, 0) is 0 Å². The quantitative estimate of drug-likeness (QED) is 0.526. The summed E-state index contributed by atoms with van der Waals surface area (Å²) in [6.07, 6.45) is 0. The Morgan fingerprint density at radius 1 is 1.36 bits per heavy atom. The van der Waals surface area contributed by atoms with Crippen molar-refractivity contribution in [2.24, 2.45) is 10.6 Å². The van der Waals surface area contributed by atoms with Crippen LogP contribution >= 0.6 is 0 Å². The summed E-state index contributed by atoms with van der Waals surface area (Å²) in [5.74, 6) is 0. The minimum Gasteiger partial charge on any atom is -0.342 e. The molecule has 0 atom stereocenters. The number of benzene rings is 1. The van der Waals surface area contributed by atoms with E-state index in [4.69, 9.17) is 5.73 Å².